The summed E-state index contributed by atoms with van der Waals surface area (Å²) < 4.78 is 0. The molecule has 0 amide bonds. The molecule has 0 radical (unpaired) electrons. The van der Waals surface area contributed by atoms with Gasteiger partial charge in [-0.1, -0.05) is 0 Å². The van der Waals surface area contributed by atoms with Crippen molar-refractivity contribution in [2.45, 2.75) is 24.3 Å². The van der Waals surface area contributed by atoms with Crippen LogP contribution in [0, 0.1) is 18.3 Å². The van der Waals surface area contributed by atoms with Gasteiger partial charge in [0, 0.05) is 27.6 Å². The fraction of sp³-hybridized carbons (Fsp3) is 0.200. The monoisotopic (exact) mass is 362 g/mol. The molecule has 0 aliphatic heterocycles. The highest BCUT2D eigenvalue weighted by Crippen LogP contribution is 2.40. The minimum absolute atomic E-state index is 0.462. The van der Waals surface area contributed by atoms with E-state index in [9.17, 15) is 5.11 Å². The molecule has 2 heterocycles. The number of hydrogen-bond acceptors (Lipinski definition) is 4. The van der Waals surface area contributed by atoms with Crippen LogP contribution in [0.15, 0.2) is 41.4 Å². The molecule has 0 spiro atoms. The van der Waals surface area contributed by atoms with Crippen molar-refractivity contribution in [3.8, 4) is 6.07 Å². The van der Waals surface area contributed by atoms with Crippen molar-refractivity contribution in [2.75, 3.05) is 6.26 Å². The van der Waals surface area contributed by atoms with Crippen molar-refractivity contribution in [3.05, 3.63) is 59.0 Å². The Balaban J connectivity index is 1.97. The van der Waals surface area contributed by atoms with E-state index in [0.717, 1.165) is 38.0 Å². The summed E-state index contributed by atoms with van der Waals surface area (Å²) in [4.78, 5) is 12.1. The van der Waals surface area contributed by atoms with E-state index in [1.54, 1.807) is 36.9 Å². The minimum atomic E-state index is -1.31. The summed E-state index contributed by atoms with van der Waals surface area (Å²) in [7, 11) is 0. The molecule has 4 aromatic rings. The predicted molar refractivity (Wildman–Crippen MR) is 104 cm³/mol. The average molecular weight is 362 g/mol. The van der Waals surface area contributed by atoms with E-state index < -0.39 is 5.60 Å². The van der Waals surface area contributed by atoms with Crippen LogP contribution in [0.5, 0.6) is 0 Å². The standard InChI is InChI=1S/C20H18N4OS/c1-11-8-16(26-3)17(13-6-7-22-18(11)13)20(2,25)19-23-14-5-4-12(10-21)9-15(14)24-19/h4-9,22,25H,1-3H3,(H,23,24). The number of nitrogens with one attached hydrogen (secondary N) is 2. The van der Waals surface area contributed by atoms with Gasteiger partial charge in [0.1, 0.15) is 11.4 Å². The number of thioether (sulfide) groups is 1. The van der Waals surface area contributed by atoms with Gasteiger partial charge in [-0.25, -0.2) is 4.98 Å². The number of nitrogens with zero attached hydrogens (tertiary/aromatic N) is 2. The molecule has 5 nitrogen and oxygen atoms in total. The second kappa shape index (κ2) is 5.90. The Morgan fingerprint density at radius 2 is 2.08 bits per heavy atom. The molecule has 0 aliphatic carbocycles. The number of nitriles is 1. The number of aryl methyl sites for hydroxylation is 1. The minimum Gasteiger partial charge on any atom is -0.377 e. The molecular formula is C20H18N4OS. The maximum atomic E-state index is 11.5. The third-order valence-corrected chi connectivity index (χ3v) is 5.55. The Labute approximate surface area is 155 Å². The number of imidazole rings is 1. The molecule has 130 valence electrons. The van der Waals surface area contributed by atoms with Crippen LogP contribution in [0.2, 0.25) is 0 Å². The highest BCUT2D eigenvalue weighted by molar-refractivity contribution is 7.98. The quantitative estimate of drug-likeness (QED) is 0.477. The SMILES string of the molecule is CSc1cc(C)c2[nH]ccc2c1C(C)(O)c1nc2ccc(C#N)cc2[nH]1. The second-order valence-electron chi connectivity index (χ2n) is 6.54. The fourth-order valence-electron chi connectivity index (χ4n) is 3.47. The van der Waals surface area contributed by atoms with Gasteiger partial charge in [-0.3, -0.25) is 0 Å². The maximum absolute atomic E-state index is 11.5. The Morgan fingerprint density at radius 1 is 1.27 bits per heavy atom. The van der Waals surface area contributed by atoms with Crippen molar-refractivity contribution < 1.29 is 5.11 Å². The third-order valence-electron chi connectivity index (χ3n) is 4.78. The second-order valence-corrected chi connectivity index (χ2v) is 7.39. The van der Waals surface area contributed by atoms with Gasteiger partial charge in [-0.2, -0.15) is 5.26 Å². The zero-order valence-electron chi connectivity index (χ0n) is 14.7. The molecule has 0 aliphatic rings. The van der Waals surface area contributed by atoms with Gasteiger partial charge in [0.2, 0.25) is 0 Å². The molecule has 3 N–H and O–H groups in total. The Kier molecular flexibility index (Phi) is 3.79. The van der Waals surface area contributed by atoms with Crippen LogP contribution in [0.3, 0.4) is 0 Å². The molecule has 1 unspecified atom stereocenters. The lowest BCUT2D eigenvalue weighted by molar-refractivity contribution is 0.0924. The number of benzene rings is 2. The Morgan fingerprint density at radius 3 is 2.81 bits per heavy atom. The van der Waals surface area contributed by atoms with Crippen molar-refractivity contribution >= 4 is 33.7 Å². The first-order valence-corrected chi connectivity index (χ1v) is 9.46. The third kappa shape index (κ3) is 2.40. The molecule has 6 heteroatoms. The van der Waals surface area contributed by atoms with Crippen LogP contribution >= 0.6 is 11.8 Å². The zero-order chi connectivity index (χ0) is 18.5. The van der Waals surface area contributed by atoms with Gasteiger partial charge in [-0.05, 0) is 56.0 Å². The Bertz CT molecular complexity index is 1180. The first kappa shape index (κ1) is 16.7. The van der Waals surface area contributed by atoms with E-state index in [1.807, 2.05) is 18.5 Å². The molecule has 2 aromatic heterocycles. The molecule has 0 saturated heterocycles. The maximum Gasteiger partial charge on any atom is 0.146 e. The van der Waals surface area contributed by atoms with Crippen molar-refractivity contribution in [1.82, 2.24) is 15.0 Å². The molecule has 2 aromatic carbocycles. The van der Waals surface area contributed by atoms with Gasteiger partial charge >= 0.3 is 0 Å². The van der Waals surface area contributed by atoms with Gasteiger partial charge in [0.15, 0.2) is 0 Å². The molecule has 0 bridgehead atoms. The number of aliphatic hydroxyl groups is 1. The van der Waals surface area contributed by atoms with Gasteiger partial charge in [-0.15, -0.1) is 11.8 Å². The molecule has 0 fully saturated rings. The van der Waals surface area contributed by atoms with E-state index >= 15 is 0 Å². The summed E-state index contributed by atoms with van der Waals surface area (Å²) in [6, 6.07) is 11.5. The number of aromatic nitrogens is 3. The smallest absolute Gasteiger partial charge is 0.146 e. The van der Waals surface area contributed by atoms with E-state index in [0.29, 0.717) is 11.4 Å². The van der Waals surface area contributed by atoms with Crippen LogP contribution < -0.4 is 0 Å². The summed E-state index contributed by atoms with van der Waals surface area (Å²) in [5.74, 6) is 0.462. The zero-order valence-corrected chi connectivity index (χ0v) is 15.5. The lowest BCUT2D eigenvalue weighted by Crippen LogP contribution is -2.25. The number of aromatic amines is 2. The highest BCUT2D eigenvalue weighted by atomic mass is 32.2. The van der Waals surface area contributed by atoms with Gasteiger partial charge in [0.05, 0.1) is 22.7 Å². The normalized spacial score (nSPS) is 13.8. The Hall–Kier alpha value is -2.75. The number of hydrogen-bond donors (Lipinski definition) is 3. The summed E-state index contributed by atoms with van der Waals surface area (Å²) in [5.41, 5.74) is 3.69. The van der Waals surface area contributed by atoms with Gasteiger partial charge < -0.3 is 15.1 Å². The summed E-state index contributed by atoms with van der Waals surface area (Å²) >= 11 is 1.60. The van der Waals surface area contributed by atoms with E-state index in [-0.39, 0.29) is 0 Å². The van der Waals surface area contributed by atoms with Crippen LogP contribution in [0.1, 0.15) is 29.4 Å². The molecule has 26 heavy (non-hydrogen) atoms. The summed E-state index contributed by atoms with van der Waals surface area (Å²) in [6.07, 6.45) is 3.89. The van der Waals surface area contributed by atoms with Crippen LogP contribution in [0.25, 0.3) is 21.9 Å². The van der Waals surface area contributed by atoms with E-state index in [4.69, 9.17) is 5.26 Å². The molecular weight excluding hydrogens is 344 g/mol. The molecule has 0 saturated carbocycles. The number of fused-ring (bicyclic) bond motifs is 2. The number of rotatable bonds is 3. The van der Waals surface area contributed by atoms with Crippen LogP contribution in [-0.4, -0.2) is 26.3 Å². The van der Waals surface area contributed by atoms with E-state index in [1.165, 1.54) is 0 Å². The lowest BCUT2D eigenvalue weighted by Gasteiger charge is -2.25. The van der Waals surface area contributed by atoms with E-state index in [2.05, 4.69) is 34.0 Å². The van der Waals surface area contributed by atoms with Crippen molar-refractivity contribution in [2.24, 2.45) is 0 Å². The first-order chi connectivity index (χ1) is 12.5. The highest BCUT2D eigenvalue weighted by Gasteiger charge is 2.34. The summed E-state index contributed by atoms with van der Waals surface area (Å²) in [6.45, 7) is 3.81. The largest absolute Gasteiger partial charge is 0.377 e. The molecule has 1 atom stereocenters. The topological polar surface area (TPSA) is 88.5 Å². The van der Waals surface area contributed by atoms with Gasteiger partial charge in [0.25, 0.3) is 0 Å². The van der Waals surface area contributed by atoms with Crippen molar-refractivity contribution in [1.29, 1.82) is 5.26 Å². The van der Waals surface area contributed by atoms with Crippen molar-refractivity contribution in [3.63, 3.8) is 0 Å². The molecule has 4 rings (SSSR count). The predicted octanol–water partition coefficient (Wildman–Crippen LogP) is 4.20. The fourth-order valence-corrected chi connectivity index (χ4v) is 4.28. The average Bonchev–Trinajstić information content (AvgIpc) is 3.27. The lowest BCUT2D eigenvalue weighted by atomic mass is 9.91. The van der Waals surface area contributed by atoms with Crippen LogP contribution in [0.4, 0.5) is 0 Å². The first-order valence-electron chi connectivity index (χ1n) is 8.23. The number of H-pyrrole nitrogens is 2. The summed E-state index contributed by atoms with van der Waals surface area (Å²) in [5, 5.41) is 21.6. The van der Waals surface area contributed by atoms with Crippen LogP contribution in [-0.2, 0) is 5.60 Å².